The van der Waals surface area contributed by atoms with Crippen LogP contribution in [0.15, 0.2) is 18.3 Å². The summed E-state index contributed by atoms with van der Waals surface area (Å²) >= 11 is 0. The molecule has 1 aromatic rings. The van der Waals surface area contributed by atoms with Crippen LogP contribution in [0.2, 0.25) is 0 Å². The number of hydrogen-bond acceptors (Lipinski definition) is 3. The van der Waals surface area contributed by atoms with E-state index in [1.54, 1.807) is 25.3 Å². The van der Waals surface area contributed by atoms with Crippen LogP contribution in [0.1, 0.15) is 17.3 Å². The lowest BCUT2D eigenvalue weighted by atomic mass is 10.1. The van der Waals surface area contributed by atoms with Gasteiger partial charge in [-0.3, -0.25) is 4.79 Å². The fraction of sp³-hybridized carbons (Fsp3) is 0.250. The summed E-state index contributed by atoms with van der Waals surface area (Å²) in [6.07, 6.45) is 1.25. The molecule has 0 spiro atoms. The molecule has 2 rings (SSSR count). The molecule has 3 heteroatoms. The third kappa shape index (κ3) is 0.808. The highest BCUT2D eigenvalue weighted by Gasteiger charge is 2.28. The van der Waals surface area contributed by atoms with Crippen LogP contribution in [0.5, 0.6) is 5.88 Å². The molecule has 56 valence electrons. The van der Waals surface area contributed by atoms with E-state index in [-0.39, 0.29) is 11.9 Å². The number of fused-ring (bicyclic) bond motifs is 1. The maximum Gasteiger partial charge on any atom is 0.225 e. The Labute approximate surface area is 64.0 Å². The van der Waals surface area contributed by atoms with Crippen molar-refractivity contribution in [3.8, 4) is 5.88 Å². The van der Waals surface area contributed by atoms with Crippen LogP contribution in [0.4, 0.5) is 0 Å². The van der Waals surface area contributed by atoms with Crippen LogP contribution in [-0.4, -0.2) is 16.9 Å². The molecule has 0 amide bonds. The maximum atomic E-state index is 11.2. The van der Waals surface area contributed by atoms with Gasteiger partial charge in [0.1, 0.15) is 0 Å². The number of pyridine rings is 1. The molecule has 3 nitrogen and oxygen atoms in total. The average Bonchev–Trinajstić information content (AvgIpc) is 2.30. The van der Waals surface area contributed by atoms with Gasteiger partial charge in [-0.15, -0.1) is 0 Å². The average molecular weight is 149 g/mol. The zero-order valence-electron chi connectivity index (χ0n) is 6.07. The first-order valence-corrected chi connectivity index (χ1v) is 3.45. The lowest BCUT2D eigenvalue weighted by Crippen LogP contribution is -2.14. The van der Waals surface area contributed by atoms with Gasteiger partial charge in [-0.25, -0.2) is 4.98 Å². The molecule has 0 bridgehead atoms. The molecular weight excluding hydrogens is 142 g/mol. The molecule has 0 N–H and O–H groups in total. The number of nitrogens with zero attached hydrogens (tertiary/aromatic N) is 1. The molecule has 1 aliphatic rings. The number of hydrogen-bond donors (Lipinski definition) is 0. The molecule has 0 unspecified atom stereocenters. The summed E-state index contributed by atoms with van der Waals surface area (Å²) in [4.78, 5) is 15.1. The van der Waals surface area contributed by atoms with Crippen LogP contribution < -0.4 is 4.74 Å². The summed E-state index contributed by atoms with van der Waals surface area (Å²) in [7, 11) is 0. The second-order valence-electron chi connectivity index (χ2n) is 2.48. The second kappa shape index (κ2) is 2.05. The van der Waals surface area contributed by atoms with Gasteiger partial charge < -0.3 is 4.74 Å². The lowest BCUT2D eigenvalue weighted by Gasteiger charge is -1.97. The van der Waals surface area contributed by atoms with Gasteiger partial charge in [-0.2, -0.15) is 0 Å². The third-order valence-corrected chi connectivity index (χ3v) is 1.69. The number of Topliss-reactive ketones (excluding diaryl/α,β-unsaturated/α-hetero) is 1. The van der Waals surface area contributed by atoms with E-state index in [2.05, 4.69) is 4.98 Å². The predicted molar refractivity (Wildman–Crippen MR) is 38.7 cm³/mol. The van der Waals surface area contributed by atoms with Gasteiger partial charge in [0.05, 0.1) is 5.56 Å². The summed E-state index contributed by atoms with van der Waals surface area (Å²) in [5, 5.41) is 0. The standard InChI is InChI=1S/C8H7NO2/c1-5-7(10)6-3-2-4-9-8(6)11-5/h2-5H,1H3/t5-/m0/s1. The Balaban J connectivity index is 2.55. The van der Waals surface area contributed by atoms with Crippen LogP contribution in [0.25, 0.3) is 0 Å². The molecule has 0 radical (unpaired) electrons. The van der Waals surface area contributed by atoms with Gasteiger partial charge in [0, 0.05) is 6.20 Å². The number of carbonyl (C=O) groups is 1. The van der Waals surface area contributed by atoms with Gasteiger partial charge in [0.2, 0.25) is 11.7 Å². The largest absolute Gasteiger partial charge is 0.466 e. The highest BCUT2D eigenvalue weighted by molar-refractivity contribution is 6.03. The Bertz CT molecular complexity index is 309. The van der Waals surface area contributed by atoms with E-state index in [4.69, 9.17) is 4.74 Å². The van der Waals surface area contributed by atoms with Crippen molar-refractivity contribution in [3.63, 3.8) is 0 Å². The monoisotopic (exact) mass is 149 g/mol. The van der Waals surface area contributed by atoms with E-state index in [0.717, 1.165) is 0 Å². The normalized spacial score (nSPS) is 21.2. The van der Waals surface area contributed by atoms with Crippen LogP contribution in [0.3, 0.4) is 0 Å². The fourth-order valence-corrected chi connectivity index (χ4v) is 1.11. The van der Waals surface area contributed by atoms with Gasteiger partial charge in [0.15, 0.2) is 6.10 Å². The lowest BCUT2D eigenvalue weighted by molar-refractivity contribution is 0.0876. The summed E-state index contributed by atoms with van der Waals surface area (Å²) in [5.41, 5.74) is 0.597. The van der Waals surface area contributed by atoms with Crippen molar-refractivity contribution < 1.29 is 9.53 Å². The molecule has 2 heterocycles. The fourth-order valence-electron chi connectivity index (χ4n) is 1.11. The van der Waals surface area contributed by atoms with Crippen molar-refractivity contribution in [2.24, 2.45) is 0 Å². The zero-order chi connectivity index (χ0) is 7.84. The Morgan fingerprint density at radius 1 is 1.64 bits per heavy atom. The first-order valence-electron chi connectivity index (χ1n) is 3.45. The van der Waals surface area contributed by atoms with E-state index in [9.17, 15) is 4.79 Å². The number of aromatic nitrogens is 1. The van der Waals surface area contributed by atoms with Crippen molar-refractivity contribution in [3.05, 3.63) is 23.9 Å². The minimum Gasteiger partial charge on any atom is -0.466 e. The van der Waals surface area contributed by atoms with Gasteiger partial charge in [-0.1, -0.05) is 0 Å². The SMILES string of the molecule is C[C@@H]1Oc2ncccc2C1=O. The first kappa shape index (κ1) is 6.34. The molecule has 1 aromatic heterocycles. The Morgan fingerprint density at radius 3 is 3.18 bits per heavy atom. The number of carbonyl (C=O) groups excluding carboxylic acids is 1. The molecule has 1 atom stereocenters. The van der Waals surface area contributed by atoms with Crippen LogP contribution in [0, 0.1) is 0 Å². The van der Waals surface area contributed by atoms with Crippen molar-refractivity contribution in [2.45, 2.75) is 13.0 Å². The molecule has 0 saturated heterocycles. The van der Waals surface area contributed by atoms with Crippen LogP contribution >= 0.6 is 0 Å². The summed E-state index contributed by atoms with van der Waals surface area (Å²) in [6, 6.07) is 3.46. The third-order valence-electron chi connectivity index (χ3n) is 1.69. The summed E-state index contributed by atoms with van der Waals surface area (Å²) in [6.45, 7) is 1.73. The maximum absolute atomic E-state index is 11.2. The van der Waals surface area contributed by atoms with Crippen molar-refractivity contribution in [1.82, 2.24) is 4.98 Å². The van der Waals surface area contributed by atoms with Gasteiger partial charge >= 0.3 is 0 Å². The zero-order valence-corrected chi connectivity index (χ0v) is 6.07. The predicted octanol–water partition coefficient (Wildman–Crippen LogP) is 1.05. The molecular formula is C8H7NO2. The highest BCUT2D eigenvalue weighted by Crippen LogP contribution is 2.24. The highest BCUT2D eigenvalue weighted by atomic mass is 16.5. The van der Waals surface area contributed by atoms with E-state index in [1.807, 2.05) is 0 Å². The Morgan fingerprint density at radius 2 is 2.45 bits per heavy atom. The molecule has 11 heavy (non-hydrogen) atoms. The van der Waals surface area contributed by atoms with Gasteiger partial charge in [-0.05, 0) is 19.1 Å². The number of ether oxygens (including phenoxy) is 1. The van der Waals surface area contributed by atoms with Crippen LogP contribution in [-0.2, 0) is 0 Å². The Kier molecular flexibility index (Phi) is 1.18. The smallest absolute Gasteiger partial charge is 0.225 e. The molecule has 0 aromatic carbocycles. The second-order valence-corrected chi connectivity index (χ2v) is 2.48. The number of rotatable bonds is 0. The van der Waals surface area contributed by atoms with E-state index < -0.39 is 0 Å². The van der Waals surface area contributed by atoms with Crippen molar-refractivity contribution in [1.29, 1.82) is 0 Å². The minimum absolute atomic E-state index is 0.0214. The topological polar surface area (TPSA) is 39.2 Å². The summed E-state index contributed by atoms with van der Waals surface area (Å²) < 4.78 is 5.16. The molecule has 0 fully saturated rings. The molecule has 0 saturated carbocycles. The Hall–Kier alpha value is -1.38. The van der Waals surface area contributed by atoms with E-state index >= 15 is 0 Å². The van der Waals surface area contributed by atoms with Gasteiger partial charge in [0.25, 0.3) is 0 Å². The quantitative estimate of drug-likeness (QED) is 0.553. The number of ketones is 1. The van der Waals surface area contributed by atoms with Crippen molar-refractivity contribution >= 4 is 5.78 Å². The van der Waals surface area contributed by atoms with Crippen molar-refractivity contribution in [2.75, 3.05) is 0 Å². The van der Waals surface area contributed by atoms with E-state index in [1.165, 1.54) is 0 Å². The first-order chi connectivity index (χ1) is 5.29. The van der Waals surface area contributed by atoms with E-state index in [0.29, 0.717) is 11.4 Å². The molecule has 0 aliphatic carbocycles. The minimum atomic E-state index is -0.361. The molecule has 1 aliphatic heterocycles. The summed E-state index contributed by atoms with van der Waals surface area (Å²) in [5.74, 6) is 0.484.